The molecule has 0 radical (unpaired) electrons. The lowest BCUT2D eigenvalue weighted by Gasteiger charge is -2.16. The summed E-state index contributed by atoms with van der Waals surface area (Å²) in [7, 11) is 0. The second kappa shape index (κ2) is 9.92. The first-order chi connectivity index (χ1) is 12.9. The molecule has 0 saturated carbocycles. The average molecular weight is 391 g/mol. The van der Waals surface area contributed by atoms with Gasteiger partial charge in [0, 0.05) is 21.5 Å². The maximum atomic E-state index is 14.0. The van der Waals surface area contributed by atoms with Crippen molar-refractivity contribution < 1.29 is 13.9 Å². The van der Waals surface area contributed by atoms with Gasteiger partial charge >= 0.3 is 5.97 Å². The molecule has 0 heterocycles. The number of carbonyl (C=O) groups is 1. The van der Waals surface area contributed by atoms with E-state index < -0.39 is 18.1 Å². The summed E-state index contributed by atoms with van der Waals surface area (Å²) < 4.78 is 18.8. The topological polar surface area (TPSA) is 101 Å². The fourth-order valence-corrected chi connectivity index (χ4v) is 2.88. The monoisotopic (exact) mass is 390 g/mol. The predicted molar refractivity (Wildman–Crippen MR) is 103 cm³/mol. The Morgan fingerprint density at radius 2 is 2.04 bits per heavy atom. The predicted octanol–water partition coefficient (Wildman–Crippen LogP) is 4.65. The Morgan fingerprint density at radius 1 is 1.33 bits per heavy atom. The number of nitrogens with zero attached hydrogens (tertiary/aromatic N) is 3. The van der Waals surface area contributed by atoms with Crippen molar-refractivity contribution in [3.8, 4) is 11.1 Å². The summed E-state index contributed by atoms with van der Waals surface area (Å²) in [5, 5.41) is 3.93. The van der Waals surface area contributed by atoms with Gasteiger partial charge in [0.2, 0.25) is 0 Å². The Hall–Kier alpha value is -2.60. The maximum absolute atomic E-state index is 14.0. The van der Waals surface area contributed by atoms with Crippen LogP contribution in [0.4, 0.5) is 4.39 Å². The van der Waals surface area contributed by atoms with Gasteiger partial charge in [-0.15, -0.1) is 0 Å². The standard InChI is InChI=1S/C19H20ClFN4O2/c1-2-27-19(26)18(24-25-23)11-15(22)9-12-3-5-13(6-4-12)16-10-14(20)7-8-17(16)21/h3-8,10,15,18H,2,9,11,22H2,1H3. The van der Waals surface area contributed by atoms with Gasteiger partial charge in [0.25, 0.3) is 0 Å². The number of ether oxygens (including phenoxy) is 1. The minimum atomic E-state index is -0.954. The van der Waals surface area contributed by atoms with Gasteiger partial charge in [-0.3, -0.25) is 4.79 Å². The first kappa shape index (κ1) is 20.7. The largest absolute Gasteiger partial charge is 0.466 e. The van der Waals surface area contributed by atoms with E-state index in [9.17, 15) is 9.18 Å². The van der Waals surface area contributed by atoms with Crippen molar-refractivity contribution in [1.82, 2.24) is 0 Å². The number of azide groups is 1. The Morgan fingerprint density at radius 3 is 2.67 bits per heavy atom. The van der Waals surface area contributed by atoms with E-state index in [1.807, 2.05) is 12.1 Å². The van der Waals surface area contributed by atoms with E-state index >= 15 is 0 Å². The van der Waals surface area contributed by atoms with Crippen LogP contribution in [0.15, 0.2) is 47.6 Å². The smallest absolute Gasteiger partial charge is 0.314 e. The molecular weight excluding hydrogens is 371 g/mol. The summed E-state index contributed by atoms with van der Waals surface area (Å²) in [6.07, 6.45) is 0.642. The van der Waals surface area contributed by atoms with Crippen molar-refractivity contribution in [1.29, 1.82) is 0 Å². The fourth-order valence-electron chi connectivity index (χ4n) is 2.70. The van der Waals surface area contributed by atoms with E-state index in [4.69, 9.17) is 27.6 Å². The number of esters is 1. The molecule has 0 aromatic heterocycles. The number of halogens is 2. The quantitative estimate of drug-likeness (QED) is 0.307. The van der Waals surface area contributed by atoms with Gasteiger partial charge in [0.05, 0.1) is 6.61 Å². The highest BCUT2D eigenvalue weighted by Crippen LogP contribution is 2.26. The summed E-state index contributed by atoms with van der Waals surface area (Å²) in [5.74, 6) is -0.937. The van der Waals surface area contributed by atoms with Crippen LogP contribution in [0.2, 0.25) is 5.02 Å². The summed E-state index contributed by atoms with van der Waals surface area (Å²) in [6, 6.07) is 10.3. The van der Waals surface area contributed by atoms with Gasteiger partial charge in [-0.25, -0.2) is 4.39 Å². The molecule has 2 rings (SSSR count). The van der Waals surface area contributed by atoms with Crippen LogP contribution >= 0.6 is 11.6 Å². The van der Waals surface area contributed by atoms with Crippen LogP contribution in [0.1, 0.15) is 18.9 Å². The van der Waals surface area contributed by atoms with Gasteiger partial charge in [0.1, 0.15) is 11.9 Å². The summed E-state index contributed by atoms with van der Waals surface area (Å²) in [5.41, 5.74) is 16.7. The lowest BCUT2D eigenvalue weighted by atomic mass is 9.98. The van der Waals surface area contributed by atoms with Gasteiger partial charge in [-0.05, 0) is 54.6 Å². The van der Waals surface area contributed by atoms with Gasteiger partial charge in [-0.2, -0.15) is 0 Å². The molecule has 2 N–H and O–H groups in total. The molecule has 6 nitrogen and oxygen atoms in total. The average Bonchev–Trinajstić information content (AvgIpc) is 2.64. The molecule has 2 atom stereocenters. The van der Waals surface area contributed by atoms with E-state index in [-0.39, 0.29) is 18.8 Å². The van der Waals surface area contributed by atoms with E-state index in [0.717, 1.165) is 5.56 Å². The minimum Gasteiger partial charge on any atom is -0.466 e. The van der Waals surface area contributed by atoms with Crippen LogP contribution in [0.5, 0.6) is 0 Å². The summed E-state index contributed by atoms with van der Waals surface area (Å²) >= 11 is 5.93. The SMILES string of the molecule is CCOC(=O)C(CC(N)Cc1ccc(-c2cc(Cl)ccc2F)cc1)N=[N+]=[N-]. The highest BCUT2D eigenvalue weighted by molar-refractivity contribution is 6.30. The Balaban J connectivity index is 2.05. The van der Waals surface area contributed by atoms with Crippen molar-refractivity contribution in [2.45, 2.75) is 31.8 Å². The van der Waals surface area contributed by atoms with E-state index in [1.54, 1.807) is 25.1 Å². The molecule has 0 saturated heterocycles. The normalized spacial score (nSPS) is 12.7. The Kier molecular flexibility index (Phi) is 7.61. The van der Waals surface area contributed by atoms with E-state index in [2.05, 4.69) is 10.0 Å². The van der Waals surface area contributed by atoms with Crippen molar-refractivity contribution in [3.05, 3.63) is 69.3 Å². The third kappa shape index (κ3) is 5.96. The Labute approximate surface area is 161 Å². The zero-order valence-corrected chi connectivity index (χ0v) is 15.6. The number of carbonyl (C=O) groups excluding carboxylic acids is 1. The molecule has 0 aliphatic carbocycles. The third-order valence-electron chi connectivity index (χ3n) is 3.97. The van der Waals surface area contributed by atoms with Crippen molar-refractivity contribution >= 4 is 17.6 Å². The van der Waals surface area contributed by atoms with Crippen LogP contribution < -0.4 is 5.73 Å². The molecule has 0 aliphatic rings. The van der Waals surface area contributed by atoms with Crippen LogP contribution in [0.25, 0.3) is 21.6 Å². The first-order valence-electron chi connectivity index (χ1n) is 8.45. The number of hydrogen-bond donors (Lipinski definition) is 1. The van der Waals surface area contributed by atoms with Gasteiger partial charge in [0.15, 0.2) is 0 Å². The number of rotatable bonds is 8. The summed E-state index contributed by atoms with van der Waals surface area (Å²) in [4.78, 5) is 14.5. The van der Waals surface area contributed by atoms with Crippen molar-refractivity contribution in [2.24, 2.45) is 10.8 Å². The van der Waals surface area contributed by atoms with E-state index in [1.165, 1.54) is 12.1 Å². The van der Waals surface area contributed by atoms with Gasteiger partial charge in [-0.1, -0.05) is 41.0 Å². The molecule has 0 spiro atoms. The van der Waals surface area contributed by atoms with E-state index in [0.29, 0.717) is 22.6 Å². The minimum absolute atomic E-state index is 0.174. The lowest BCUT2D eigenvalue weighted by Crippen LogP contribution is -2.32. The second-order valence-corrected chi connectivity index (χ2v) is 6.43. The fraction of sp³-hybridized carbons (Fsp3) is 0.316. The molecular formula is C19H20ClFN4O2. The van der Waals surface area contributed by atoms with Crippen LogP contribution in [-0.2, 0) is 16.0 Å². The number of hydrogen-bond acceptors (Lipinski definition) is 4. The van der Waals surface area contributed by atoms with Crippen molar-refractivity contribution in [2.75, 3.05) is 6.61 Å². The van der Waals surface area contributed by atoms with Crippen molar-refractivity contribution in [3.63, 3.8) is 0 Å². The zero-order chi connectivity index (χ0) is 19.8. The van der Waals surface area contributed by atoms with Gasteiger partial charge < -0.3 is 10.5 Å². The summed E-state index contributed by atoms with van der Waals surface area (Å²) in [6.45, 7) is 1.88. The highest BCUT2D eigenvalue weighted by atomic mass is 35.5. The second-order valence-electron chi connectivity index (χ2n) is 5.99. The zero-order valence-electron chi connectivity index (χ0n) is 14.8. The molecule has 0 aliphatic heterocycles. The molecule has 142 valence electrons. The first-order valence-corrected chi connectivity index (χ1v) is 8.83. The highest BCUT2D eigenvalue weighted by Gasteiger charge is 2.21. The molecule has 27 heavy (non-hydrogen) atoms. The van der Waals surface area contributed by atoms with Crippen LogP contribution in [0, 0.1) is 5.82 Å². The molecule has 0 fully saturated rings. The third-order valence-corrected chi connectivity index (χ3v) is 4.20. The molecule has 2 aromatic rings. The molecule has 2 aromatic carbocycles. The molecule has 0 bridgehead atoms. The maximum Gasteiger partial charge on any atom is 0.314 e. The molecule has 8 heteroatoms. The van der Waals surface area contributed by atoms with Crippen LogP contribution in [-0.4, -0.2) is 24.7 Å². The number of nitrogens with two attached hydrogens (primary N) is 1. The molecule has 0 amide bonds. The molecule has 2 unspecified atom stereocenters. The number of benzene rings is 2. The lowest BCUT2D eigenvalue weighted by molar-refractivity contribution is -0.144. The Bertz CT molecular complexity index is 838. The van der Waals surface area contributed by atoms with Crippen LogP contribution in [0.3, 0.4) is 0 Å².